The van der Waals surface area contributed by atoms with Gasteiger partial charge in [-0.1, -0.05) is 0 Å². The van der Waals surface area contributed by atoms with Gasteiger partial charge in [-0.3, -0.25) is 0 Å². The molecule has 1 atom stereocenters. The lowest BCUT2D eigenvalue weighted by molar-refractivity contribution is -0.179. The summed E-state index contributed by atoms with van der Waals surface area (Å²) >= 11 is 0. The number of likely N-dealkylation sites (tertiary alicyclic amines) is 1. The second kappa shape index (κ2) is 4.18. The van der Waals surface area contributed by atoms with Crippen molar-refractivity contribution in [1.82, 2.24) is 4.90 Å². The van der Waals surface area contributed by atoms with Gasteiger partial charge in [0.1, 0.15) is 12.7 Å². The summed E-state index contributed by atoms with van der Waals surface area (Å²) in [5.74, 6) is -4.18. The predicted octanol–water partition coefficient (Wildman–Crippen LogP) is 0.427. The van der Waals surface area contributed by atoms with Crippen LogP contribution in [-0.4, -0.2) is 54.7 Å². The van der Waals surface area contributed by atoms with Crippen molar-refractivity contribution >= 4 is 5.97 Å². The molecule has 1 heterocycles. The summed E-state index contributed by atoms with van der Waals surface area (Å²) in [7, 11) is 1.60. The van der Waals surface area contributed by atoms with Crippen LogP contribution in [-0.2, 0) is 9.53 Å². The highest BCUT2D eigenvalue weighted by molar-refractivity contribution is 5.68. The number of rotatable bonds is 3. The number of halogens is 2. The molecule has 1 unspecified atom stereocenters. The summed E-state index contributed by atoms with van der Waals surface area (Å²) in [6, 6.07) is 0. The van der Waals surface area contributed by atoms with Crippen molar-refractivity contribution in [3.8, 4) is 0 Å². The van der Waals surface area contributed by atoms with E-state index in [4.69, 9.17) is 5.11 Å². The van der Waals surface area contributed by atoms with E-state index in [0.717, 1.165) is 0 Å². The zero-order valence-electron chi connectivity index (χ0n) is 7.87. The highest BCUT2D eigenvalue weighted by atomic mass is 19.3. The van der Waals surface area contributed by atoms with Gasteiger partial charge in [0.2, 0.25) is 0 Å². The topological polar surface area (TPSA) is 49.8 Å². The minimum atomic E-state index is -2.96. The van der Waals surface area contributed by atoms with Gasteiger partial charge >= 0.3 is 5.97 Å². The van der Waals surface area contributed by atoms with Crippen LogP contribution in [0.25, 0.3) is 0 Å². The zero-order chi connectivity index (χ0) is 10.8. The average Bonchev–Trinajstić information content (AvgIpc) is 2.00. The van der Waals surface area contributed by atoms with Gasteiger partial charge in [-0.2, -0.15) is 0 Å². The van der Waals surface area contributed by atoms with E-state index in [-0.39, 0.29) is 13.0 Å². The Morgan fingerprint density at radius 1 is 1.71 bits per heavy atom. The van der Waals surface area contributed by atoms with Crippen LogP contribution >= 0.6 is 0 Å². The fourth-order valence-electron chi connectivity index (χ4n) is 1.47. The maximum absolute atomic E-state index is 13.2. The summed E-state index contributed by atoms with van der Waals surface area (Å²) < 4.78 is 31.1. The van der Waals surface area contributed by atoms with Crippen molar-refractivity contribution < 1.29 is 23.4 Å². The number of nitrogens with zero attached hydrogens (tertiary/aromatic N) is 1. The molecular formula is C8H13F2NO3. The Bertz CT molecular complexity index is 223. The van der Waals surface area contributed by atoms with E-state index in [0.29, 0.717) is 6.54 Å². The quantitative estimate of drug-likeness (QED) is 0.732. The number of carboxylic acids is 1. The molecule has 1 saturated heterocycles. The lowest BCUT2D eigenvalue weighted by Crippen LogP contribution is -2.51. The molecular weight excluding hydrogens is 196 g/mol. The first kappa shape index (κ1) is 11.3. The number of ether oxygens (including phenoxy) is 1. The molecule has 0 amide bonds. The van der Waals surface area contributed by atoms with Crippen LogP contribution in [0.15, 0.2) is 0 Å². The van der Waals surface area contributed by atoms with Gasteiger partial charge in [0.25, 0.3) is 5.92 Å². The van der Waals surface area contributed by atoms with Crippen LogP contribution < -0.4 is 0 Å². The molecule has 6 heteroatoms. The second-order valence-corrected chi connectivity index (χ2v) is 3.48. The van der Waals surface area contributed by atoms with Crippen molar-refractivity contribution in [1.29, 1.82) is 0 Å². The number of hydrogen-bond acceptors (Lipinski definition) is 3. The predicted molar refractivity (Wildman–Crippen MR) is 44.4 cm³/mol. The van der Waals surface area contributed by atoms with Crippen LogP contribution in [0.1, 0.15) is 6.42 Å². The lowest BCUT2D eigenvalue weighted by Gasteiger charge is -2.35. The number of carboxylic acid groups (broad SMARTS) is 1. The standard InChI is InChI=1S/C8H13F2NO3/c1-11-3-2-6(8(9,10)5-11)14-4-7(12)13/h6H,2-5H2,1H3,(H,12,13). The third-order valence-corrected chi connectivity index (χ3v) is 2.13. The van der Waals surface area contributed by atoms with Gasteiger partial charge in [-0.15, -0.1) is 0 Å². The molecule has 1 fully saturated rings. The Morgan fingerprint density at radius 3 is 2.86 bits per heavy atom. The van der Waals surface area contributed by atoms with E-state index in [9.17, 15) is 13.6 Å². The summed E-state index contributed by atoms with van der Waals surface area (Å²) in [6.07, 6.45) is -1.11. The third kappa shape index (κ3) is 2.88. The molecule has 0 aromatic rings. The molecule has 14 heavy (non-hydrogen) atoms. The molecule has 0 bridgehead atoms. The van der Waals surface area contributed by atoms with Gasteiger partial charge in [0, 0.05) is 6.54 Å². The largest absolute Gasteiger partial charge is 0.480 e. The Labute approximate surface area is 80.4 Å². The van der Waals surface area contributed by atoms with Crippen LogP contribution in [0.2, 0.25) is 0 Å². The van der Waals surface area contributed by atoms with Crippen molar-refractivity contribution in [3.63, 3.8) is 0 Å². The van der Waals surface area contributed by atoms with Crippen LogP contribution in [0, 0.1) is 0 Å². The van der Waals surface area contributed by atoms with Crippen molar-refractivity contribution in [2.24, 2.45) is 0 Å². The zero-order valence-corrected chi connectivity index (χ0v) is 7.87. The normalized spacial score (nSPS) is 27.5. The average molecular weight is 209 g/mol. The Kier molecular flexibility index (Phi) is 3.38. The molecule has 0 spiro atoms. The van der Waals surface area contributed by atoms with Gasteiger partial charge in [0.15, 0.2) is 0 Å². The Balaban J connectivity index is 2.47. The van der Waals surface area contributed by atoms with E-state index in [1.807, 2.05) is 0 Å². The monoisotopic (exact) mass is 209 g/mol. The minimum absolute atomic E-state index is 0.163. The molecule has 1 N–H and O–H groups in total. The lowest BCUT2D eigenvalue weighted by atomic mass is 10.0. The SMILES string of the molecule is CN1CCC(OCC(=O)O)C(F)(F)C1. The second-order valence-electron chi connectivity index (χ2n) is 3.48. The van der Waals surface area contributed by atoms with E-state index in [1.54, 1.807) is 7.05 Å². The number of carbonyl (C=O) groups is 1. The van der Waals surface area contributed by atoms with E-state index >= 15 is 0 Å². The number of alkyl halides is 2. The molecule has 0 radical (unpaired) electrons. The van der Waals surface area contributed by atoms with Crippen molar-refractivity contribution in [2.45, 2.75) is 18.4 Å². The molecule has 4 nitrogen and oxygen atoms in total. The number of hydrogen-bond donors (Lipinski definition) is 1. The van der Waals surface area contributed by atoms with Crippen LogP contribution in [0.3, 0.4) is 0 Å². The molecule has 82 valence electrons. The fourth-order valence-corrected chi connectivity index (χ4v) is 1.47. The molecule has 1 aliphatic rings. The maximum atomic E-state index is 13.2. The summed E-state index contributed by atoms with van der Waals surface area (Å²) in [4.78, 5) is 11.6. The minimum Gasteiger partial charge on any atom is -0.480 e. The smallest absolute Gasteiger partial charge is 0.329 e. The summed E-state index contributed by atoms with van der Waals surface area (Å²) in [6.45, 7) is -0.541. The molecule has 0 aliphatic carbocycles. The molecule has 0 aromatic heterocycles. The van der Waals surface area contributed by atoms with Gasteiger partial charge < -0.3 is 14.7 Å². The van der Waals surface area contributed by atoms with Crippen molar-refractivity contribution in [2.75, 3.05) is 26.7 Å². The van der Waals surface area contributed by atoms with E-state index in [1.165, 1.54) is 4.90 Å². The number of piperidine rings is 1. The molecule has 1 rings (SSSR count). The summed E-state index contributed by atoms with van der Waals surface area (Å²) in [5, 5.41) is 8.29. The number of aliphatic carboxylic acids is 1. The van der Waals surface area contributed by atoms with Crippen molar-refractivity contribution in [3.05, 3.63) is 0 Å². The fraction of sp³-hybridized carbons (Fsp3) is 0.875. The Morgan fingerprint density at radius 2 is 2.36 bits per heavy atom. The van der Waals surface area contributed by atoms with Gasteiger partial charge in [-0.25, -0.2) is 13.6 Å². The van der Waals surface area contributed by atoms with E-state index in [2.05, 4.69) is 4.74 Å². The van der Waals surface area contributed by atoms with Gasteiger partial charge in [0.05, 0.1) is 6.54 Å². The molecule has 1 aliphatic heterocycles. The first-order valence-corrected chi connectivity index (χ1v) is 4.31. The maximum Gasteiger partial charge on any atom is 0.329 e. The highest BCUT2D eigenvalue weighted by Crippen LogP contribution is 2.28. The molecule has 0 aromatic carbocycles. The van der Waals surface area contributed by atoms with Crippen LogP contribution in [0.4, 0.5) is 8.78 Å². The molecule has 0 saturated carbocycles. The van der Waals surface area contributed by atoms with Gasteiger partial charge in [-0.05, 0) is 13.5 Å². The first-order chi connectivity index (χ1) is 6.42. The third-order valence-electron chi connectivity index (χ3n) is 2.13. The first-order valence-electron chi connectivity index (χ1n) is 4.31. The van der Waals surface area contributed by atoms with E-state index < -0.39 is 24.6 Å². The summed E-state index contributed by atoms with van der Waals surface area (Å²) in [5.41, 5.74) is 0. The Hall–Kier alpha value is -0.750. The highest BCUT2D eigenvalue weighted by Gasteiger charge is 2.44. The van der Waals surface area contributed by atoms with Crippen LogP contribution in [0.5, 0.6) is 0 Å².